The smallest absolute Gasteiger partial charge is 0.336 e. The Balaban J connectivity index is 1.94. The van der Waals surface area contributed by atoms with Gasteiger partial charge in [-0.25, -0.2) is 4.79 Å². The van der Waals surface area contributed by atoms with Crippen LogP contribution in [0.3, 0.4) is 0 Å². The summed E-state index contributed by atoms with van der Waals surface area (Å²) < 4.78 is 4.53. The molecule has 3 rings (SSSR count). The van der Waals surface area contributed by atoms with Crippen molar-refractivity contribution in [1.82, 2.24) is 4.90 Å². The van der Waals surface area contributed by atoms with E-state index in [9.17, 15) is 24.5 Å². The van der Waals surface area contributed by atoms with Gasteiger partial charge >= 0.3 is 11.9 Å². The number of carbonyl (C=O) groups is 3. The number of hydrogen-bond donors (Lipinski definition) is 0. The Morgan fingerprint density at radius 1 is 1.29 bits per heavy atom. The minimum Gasteiger partial charge on any atom is -0.392 e. The molecule has 2 aliphatic heterocycles. The molecule has 1 saturated heterocycles. The highest BCUT2D eigenvalue weighted by atomic mass is 16.6. The zero-order chi connectivity index (χ0) is 15.1. The number of esters is 2. The summed E-state index contributed by atoms with van der Waals surface area (Å²) in [7, 11) is 0. The van der Waals surface area contributed by atoms with Crippen molar-refractivity contribution in [3.05, 3.63) is 39.4 Å². The lowest BCUT2D eigenvalue weighted by atomic mass is 10.1. The highest BCUT2D eigenvalue weighted by Crippen LogP contribution is 2.33. The summed E-state index contributed by atoms with van der Waals surface area (Å²) in [5.41, 5.74) is 0.356. The summed E-state index contributed by atoms with van der Waals surface area (Å²) in [6, 6.07) is 3.37. The molecule has 0 spiro atoms. The molecule has 0 aromatic heterocycles. The Bertz CT molecular complexity index is 683. The quantitative estimate of drug-likeness (QED) is 0.345. The van der Waals surface area contributed by atoms with Crippen molar-refractivity contribution in [3.8, 4) is 0 Å². The minimum atomic E-state index is -0.873. The van der Waals surface area contributed by atoms with Gasteiger partial charge in [-0.1, -0.05) is 6.07 Å². The van der Waals surface area contributed by atoms with Crippen molar-refractivity contribution in [1.29, 1.82) is 0 Å². The van der Waals surface area contributed by atoms with Gasteiger partial charge < -0.3 is 9.64 Å². The van der Waals surface area contributed by atoms with Crippen LogP contribution in [0.2, 0.25) is 0 Å². The molecule has 1 aromatic carbocycles. The number of amides is 1. The van der Waals surface area contributed by atoms with Crippen molar-refractivity contribution in [3.63, 3.8) is 0 Å². The van der Waals surface area contributed by atoms with Gasteiger partial charge in [0.25, 0.3) is 11.6 Å². The van der Waals surface area contributed by atoms with Crippen molar-refractivity contribution >= 4 is 23.5 Å². The SMILES string of the molecule is O=C1CC[C@H](N2Cc3c(cccc3[N+](=O)[O-])C2=O)C(=O)O1. The molecule has 0 aliphatic carbocycles. The normalized spacial score (nSPS) is 21.2. The number of nitro benzene ring substituents is 1. The second-order valence-corrected chi connectivity index (χ2v) is 4.84. The fraction of sp³-hybridized carbons (Fsp3) is 0.308. The first-order chi connectivity index (χ1) is 9.99. The maximum absolute atomic E-state index is 12.3. The number of ether oxygens (including phenoxy) is 1. The van der Waals surface area contributed by atoms with Gasteiger partial charge in [0.1, 0.15) is 6.04 Å². The number of nitro groups is 1. The Kier molecular flexibility index (Phi) is 2.93. The van der Waals surface area contributed by atoms with Crippen molar-refractivity contribution in [2.75, 3.05) is 0 Å². The van der Waals surface area contributed by atoms with E-state index in [1.54, 1.807) is 0 Å². The van der Waals surface area contributed by atoms with Crippen LogP contribution in [0.4, 0.5) is 5.69 Å². The van der Waals surface area contributed by atoms with E-state index in [1.165, 1.54) is 23.1 Å². The molecule has 2 aliphatic rings. The van der Waals surface area contributed by atoms with Crippen LogP contribution < -0.4 is 0 Å². The number of fused-ring (bicyclic) bond motifs is 1. The largest absolute Gasteiger partial charge is 0.392 e. The van der Waals surface area contributed by atoms with Gasteiger partial charge in [-0.15, -0.1) is 0 Å². The zero-order valence-corrected chi connectivity index (χ0v) is 10.8. The maximum Gasteiger partial charge on any atom is 0.336 e. The monoisotopic (exact) mass is 290 g/mol. The van der Waals surface area contributed by atoms with Gasteiger partial charge in [-0.3, -0.25) is 19.7 Å². The van der Waals surface area contributed by atoms with Gasteiger partial charge in [0.15, 0.2) is 0 Å². The average Bonchev–Trinajstić information content (AvgIpc) is 2.76. The van der Waals surface area contributed by atoms with Crippen LogP contribution in [0.15, 0.2) is 18.2 Å². The van der Waals surface area contributed by atoms with Gasteiger partial charge in [0.2, 0.25) is 0 Å². The van der Waals surface area contributed by atoms with E-state index in [1.807, 2.05) is 0 Å². The Morgan fingerprint density at radius 2 is 2.05 bits per heavy atom. The molecule has 8 nitrogen and oxygen atoms in total. The average molecular weight is 290 g/mol. The van der Waals surface area contributed by atoms with E-state index < -0.39 is 28.8 Å². The van der Waals surface area contributed by atoms with E-state index >= 15 is 0 Å². The molecule has 2 heterocycles. The van der Waals surface area contributed by atoms with Crippen LogP contribution >= 0.6 is 0 Å². The van der Waals surface area contributed by atoms with Crippen molar-refractivity contribution in [2.45, 2.75) is 25.4 Å². The maximum atomic E-state index is 12.3. The highest BCUT2D eigenvalue weighted by molar-refractivity contribution is 6.03. The summed E-state index contributed by atoms with van der Waals surface area (Å²) in [5.74, 6) is -1.86. The molecule has 0 bridgehead atoms. The number of hydrogen-bond acceptors (Lipinski definition) is 6. The number of carbonyl (C=O) groups excluding carboxylic acids is 3. The molecule has 108 valence electrons. The molecule has 8 heteroatoms. The topological polar surface area (TPSA) is 107 Å². The van der Waals surface area contributed by atoms with Crippen molar-refractivity contribution < 1.29 is 24.0 Å². The summed E-state index contributed by atoms with van der Waals surface area (Å²) in [6.07, 6.45) is 0.212. The third-order valence-corrected chi connectivity index (χ3v) is 3.65. The first kappa shape index (κ1) is 13.2. The molecule has 0 radical (unpaired) electrons. The second-order valence-electron chi connectivity index (χ2n) is 4.84. The molecular formula is C13H10N2O6. The van der Waals surface area contributed by atoms with E-state index in [0.29, 0.717) is 0 Å². The number of rotatable bonds is 2. The standard InChI is InChI=1S/C13H10N2O6/c16-11-5-4-10(13(18)21-11)14-6-8-7(12(14)17)2-1-3-9(8)15(19)20/h1-3,10H,4-6H2/t10-/m0/s1. The van der Waals surface area contributed by atoms with E-state index in [-0.39, 0.29) is 36.2 Å². The zero-order valence-electron chi connectivity index (χ0n) is 10.8. The van der Waals surface area contributed by atoms with Gasteiger partial charge in [0, 0.05) is 12.5 Å². The summed E-state index contributed by atoms with van der Waals surface area (Å²) in [5, 5.41) is 11.0. The first-order valence-electron chi connectivity index (χ1n) is 6.31. The lowest BCUT2D eigenvalue weighted by Crippen LogP contribution is -2.46. The minimum absolute atomic E-state index is 0.0285. The summed E-state index contributed by atoms with van der Waals surface area (Å²) >= 11 is 0. The van der Waals surface area contributed by atoms with Crippen LogP contribution in [0.25, 0.3) is 0 Å². The summed E-state index contributed by atoms with van der Waals surface area (Å²) in [6.45, 7) is -0.0285. The molecule has 0 unspecified atom stereocenters. The number of nitrogens with zero attached hydrogens (tertiary/aromatic N) is 2. The fourth-order valence-electron chi connectivity index (χ4n) is 2.65. The fourth-order valence-corrected chi connectivity index (χ4v) is 2.65. The first-order valence-corrected chi connectivity index (χ1v) is 6.31. The lowest BCUT2D eigenvalue weighted by Gasteiger charge is -2.28. The van der Waals surface area contributed by atoms with E-state index in [2.05, 4.69) is 4.74 Å². The Morgan fingerprint density at radius 3 is 2.71 bits per heavy atom. The summed E-state index contributed by atoms with van der Waals surface area (Å²) in [4.78, 5) is 46.8. The lowest BCUT2D eigenvalue weighted by molar-refractivity contribution is -0.385. The van der Waals surface area contributed by atoms with Crippen molar-refractivity contribution in [2.24, 2.45) is 0 Å². The molecule has 1 aromatic rings. The highest BCUT2D eigenvalue weighted by Gasteiger charge is 2.42. The van der Waals surface area contributed by atoms with Crippen LogP contribution in [-0.4, -0.2) is 33.7 Å². The van der Waals surface area contributed by atoms with Crippen LogP contribution in [0.5, 0.6) is 0 Å². The van der Waals surface area contributed by atoms with E-state index in [4.69, 9.17) is 0 Å². The molecular weight excluding hydrogens is 280 g/mol. The van der Waals surface area contributed by atoms with Gasteiger partial charge in [-0.05, 0) is 12.5 Å². The third-order valence-electron chi connectivity index (χ3n) is 3.65. The van der Waals surface area contributed by atoms with Gasteiger partial charge in [0.05, 0.1) is 22.6 Å². The molecule has 1 amide bonds. The predicted molar refractivity (Wildman–Crippen MR) is 67.1 cm³/mol. The van der Waals surface area contributed by atoms with Gasteiger partial charge in [-0.2, -0.15) is 0 Å². The predicted octanol–water partition coefficient (Wildman–Crippen LogP) is 0.783. The third kappa shape index (κ3) is 2.04. The van der Waals surface area contributed by atoms with Crippen LogP contribution in [-0.2, 0) is 20.9 Å². The Labute approximate surface area is 118 Å². The molecule has 1 fully saturated rings. The molecule has 21 heavy (non-hydrogen) atoms. The van der Waals surface area contributed by atoms with Crippen LogP contribution in [0, 0.1) is 10.1 Å². The molecule has 0 N–H and O–H groups in total. The second kappa shape index (κ2) is 4.65. The molecule has 1 atom stereocenters. The molecule has 0 saturated carbocycles. The van der Waals surface area contributed by atoms with E-state index in [0.717, 1.165) is 0 Å². The van der Waals surface area contributed by atoms with Crippen LogP contribution in [0.1, 0.15) is 28.8 Å². The Hall–Kier alpha value is -2.77. The number of cyclic esters (lactones) is 2. The number of benzene rings is 1.